The van der Waals surface area contributed by atoms with Gasteiger partial charge in [-0.3, -0.25) is 4.79 Å². The molecule has 0 amide bonds. The van der Waals surface area contributed by atoms with Crippen LogP contribution in [0.1, 0.15) is 26.5 Å². The maximum atomic E-state index is 11.7. The Balaban J connectivity index is 2.18. The summed E-state index contributed by atoms with van der Waals surface area (Å²) in [6, 6.07) is 1.86. The number of aromatic nitrogens is 3. The van der Waals surface area contributed by atoms with Crippen LogP contribution in [0.4, 0.5) is 0 Å². The Bertz CT molecular complexity index is 540. The molecule has 1 N–H and O–H groups in total. The van der Waals surface area contributed by atoms with Crippen molar-refractivity contribution in [3.05, 3.63) is 24.3 Å². The van der Waals surface area contributed by atoms with E-state index in [1.165, 1.54) is 6.33 Å². The second-order valence-electron chi connectivity index (χ2n) is 4.82. The number of aromatic amines is 1. The number of carbonyl (C=O) groups is 1. The summed E-state index contributed by atoms with van der Waals surface area (Å²) in [4.78, 5) is 22.9. The van der Waals surface area contributed by atoms with Crippen LogP contribution in [0.15, 0.2) is 18.6 Å². The molecule has 0 atom stereocenters. The smallest absolute Gasteiger partial charge is 0.312 e. The van der Waals surface area contributed by atoms with Crippen molar-refractivity contribution in [2.45, 2.75) is 32.8 Å². The topological polar surface area (TPSA) is 67.9 Å². The van der Waals surface area contributed by atoms with Gasteiger partial charge in [-0.1, -0.05) is 0 Å². The van der Waals surface area contributed by atoms with Gasteiger partial charge in [0.15, 0.2) is 0 Å². The minimum absolute atomic E-state index is 0.161. The summed E-state index contributed by atoms with van der Waals surface area (Å²) in [7, 11) is 0. The van der Waals surface area contributed by atoms with Crippen molar-refractivity contribution >= 4 is 17.0 Å². The molecule has 2 rings (SSSR count). The number of rotatable bonds is 2. The molecule has 5 heteroatoms. The van der Waals surface area contributed by atoms with Crippen LogP contribution in [0.5, 0.6) is 0 Å². The second kappa shape index (κ2) is 4.16. The lowest BCUT2D eigenvalue weighted by Crippen LogP contribution is -2.25. The van der Waals surface area contributed by atoms with Gasteiger partial charge < -0.3 is 9.72 Å². The molecule has 17 heavy (non-hydrogen) atoms. The highest BCUT2D eigenvalue weighted by atomic mass is 16.6. The fourth-order valence-electron chi connectivity index (χ4n) is 1.58. The number of carbonyl (C=O) groups excluding carboxylic acids is 1. The summed E-state index contributed by atoms with van der Waals surface area (Å²) >= 11 is 0. The first-order valence-electron chi connectivity index (χ1n) is 5.44. The zero-order chi connectivity index (χ0) is 12.5. The third kappa shape index (κ3) is 2.81. The standard InChI is InChI=1S/C12H15N3O2/c1-12(2,3)17-10(16)6-9-8-4-5-13-11(8)15-7-14-9/h4-5,7H,6H2,1-3H3,(H,13,14,15). The number of ether oxygens (including phenoxy) is 1. The van der Waals surface area contributed by atoms with Gasteiger partial charge >= 0.3 is 5.97 Å². The highest BCUT2D eigenvalue weighted by Gasteiger charge is 2.18. The predicted molar refractivity (Wildman–Crippen MR) is 63.4 cm³/mol. The monoisotopic (exact) mass is 233 g/mol. The molecule has 2 aromatic heterocycles. The minimum Gasteiger partial charge on any atom is -0.460 e. The van der Waals surface area contributed by atoms with E-state index in [0.717, 1.165) is 11.0 Å². The van der Waals surface area contributed by atoms with E-state index in [2.05, 4.69) is 15.0 Å². The molecule has 0 aromatic carbocycles. The molecule has 5 nitrogen and oxygen atoms in total. The average Bonchev–Trinajstić information content (AvgIpc) is 2.63. The van der Waals surface area contributed by atoms with Crippen LogP contribution in [-0.4, -0.2) is 26.5 Å². The van der Waals surface area contributed by atoms with Crippen molar-refractivity contribution in [2.75, 3.05) is 0 Å². The zero-order valence-corrected chi connectivity index (χ0v) is 10.2. The molecule has 0 bridgehead atoms. The van der Waals surface area contributed by atoms with Crippen molar-refractivity contribution in [3.63, 3.8) is 0 Å². The van der Waals surface area contributed by atoms with Crippen molar-refractivity contribution in [2.24, 2.45) is 0 Å². The molecular formula is C12H15N3O2. The fourth-order valence-corrected chi connectivity index (χ4v) is 1.58. The lowest BCUT2D eigenvalue weighted by atomic mass is 10.2. The summed E-state index contributed by atoms with van der Waals surface area (Å²) in [5.74, 6) is -0.279. The number of esters is 1. The number of nitrogens with zero attached hydrogens (tertiary/aromatic N) is 2. The minimum atomic E-state index is -0.471. The zero-order valence-electron chi connectivity index (χ0n) is 10.2. The van der Waals surface area contributed by atoms with Crippen LogP contribution in [-0.2, 0) is 16.0 Å². The Kier molecular flexibility index (Phi) is 2.83. The van der Waals surface area contributed by atoms with Crippen LogP contribution >= 0.6 is 0 Å². The molecule has 0 unspecified atom stereocenters. The largest absolute Gasteiger partial charge is 0.460 e. The fraction of sp³-hybridized carbons (Fsp3) is 0.417. The van der Waals surface area contributed by atoms with E-state index < -0.39 is 5.60 Å². The predicted octanol–water partition coefficient (Wildman–Crippen LogP) is 1.84. The quantitative estimate of drug-likeness (QED) is 0.804. The normalized spacial score (nSPS) is 11.7. The van der Waals surface area contributed by atoms with E-state index in [9.17, 15) is 4.79 Å². The first-order valence-corrected chi connectivity index (χ1v) is 5.44. The molecule has 2 heterocycles. The van der Waals surface area contributed by atoms with Gasteiger partial charge in [0.25, 0.3) is 0 Å². The lowest BCUT2D eigenvalue weighted by Gasteiger charge is -2.19. The molecule has 2 aromatic rings. The van der Waals surface area contributed by atoms with E-state index in [1.54, 1.807) is 6.20 Å². The van der Waals surface area contributed by atoms with Gasteiger partial charge in [-0.2, -0.15) is 0 Å². The number of nitrogens with one attached hydrogen (secondary N) is 1. The van der Waals surface area contributed by atoms with Gasteiger partial charge in [-0.05, 0) is 26.8 Å². The van der Waals surface area contributed by atoms with Gasteiger partial charge in [-0.15, -0.1) is 0 Å². The maximum absolute atomic E-state index is 11.7. The van der Waals surface area contributed by atoms with Gasteiger partial charge in [0.1, 0.15) is 17.6 Å². The lowest BCUT2D eigenvalue weighted by molar-refractivity contribution is -0.153. The van der Waals surface area contributed by atoms with E-state index in [1.807, 2.05) is 26.8 Å². The van der Waals surface area contributed by atoms with Gasteiger partial charge in [-0.25, -0.2) is 9.97 Å². The van der Waals surface area contributed by atoms with E-state index in [0.29, 0.717) is 5.69 Å². The number of hydrogen-bond acceptors (Lipinski definition) is 4. The van der Waals surface area contributed by atoms with Gasteiger partial charge in [0.2, 0.25) is 0 Å². The SMILES string of the molecule is CC(C)(C)OC(=O)Cc1ncnc2[nH]ccc12. The number of fused-ring (bicyclic) bond motifs is 1. The van der Waals surface area contributed by atoms with Crippen molar-refractivity contribution in [1.29, 1.82) is 0 Å². The van der Waals surface area contributed by atoms with E-state index in [-0.39, 0.29) is 12.4 Å². The molecule has 0 radical (unpaired) electrons. The Morgan fingerprint density at radius 1 is 1.41 bits per heavy atom. The summed E-state index contributed by atoms with van der Waals surface area (Å²) in [6.45, 7) is 5.53. The first-order chi connectivity index (χ1) is 7.96. The van der Waals surface area contributed by atoms with Crippen molar-refractivity contribution < 1.29 is 9.53 Å². The molecule has 0 spiro atoms. The highest BCUT2D eigenvalue weighted by Crippen LogP contribution is 2.15. The average molecular weight is 233 g/mol. The summed E-state index contributed by atoms with van der Waals surface area (Å²) in [5.41, 5.74) is 0.950. The van der Waals surface area contributed by atoms with Crippen LogP contribution in [0.3, 0.4) is 0 Å². The second-order valence-corrected chi connectivity index (χ2v) is 4.82. The van der Waals surface area contributed by atoms with Crippen LogP contribution in [0.2, 0.25) is 0 Å². The third-order valence-corrected chi connectivity index (χ3v) is 2.17. The van der Waals surface area contributed by atoms with Crippen LogP contribution in [0, 0.1) is 0 Å². The molecular weight excluding hydrogens is 218 g/mol. The van der Waals surface area contributed by atoms with Gasteiger partial charge in [0, 0.05) is 11.6 Å². The third-order valence-electron chi connectivity index (χ3n) is 2.17. The number of H-pyrrole nitrogens is 1. The Hall–Kier alpha value is -1.91. The van der Waals surface area contributed by atoms with E-state index >= 15 is 0 Å². The van der Waals surface area contributed by atoms with Gasteiger partial charge in [0.05, 0.1) is 12.1 Å². The van der Waals surface area contributed by atoms with Crippen molar-refractivity contribution in [3.8, 4) is 0 Å². The Morgan fingerprint density at radius 2 is 2.18 bits per heavy atom. The molecule has 0 aliphatic carbocycles. The molecule has 90 valence electrons. The van der Waals surface area contributed by atoms with E-state index in [4.69, 9.17) is 4.74 Å². The first kappa shape index (κ1) is 11.6. The summed E-state index contributed by atoms with van der Waals surface area (Å²) in [6.07, 6.45) is 3.38. The molecule has 0 saturated heterocycles. The van der Waals surface area contributed by atoms with Crippen molar-refractivity contribution in [1.82, 2.24) is 15.0 Å². The molecule has 0 fully saturated rings. The Labute approximate surface area is 99.2 Å². The Morgan fingerprint density at radius 3 is 2.88 bits per heavy atom. The number of hydrogen-bond donors (Lipinski definition) is 1. The molecule has 0 aliphatic rings. The molecule has 0 saturated carbocycles. The highest BCUT2D eigenvalue weighted by molar-refractivity contribution is 5.83. The molecule has 0 aliphatic heterocycles. The maximum Gasteiger partial charge on any atom is 0.312 e. The van der Waals surface area contributed by atoms with Crippen LogP contribution < -0.4 is 0 Å². The van der Waals surface area contributed by atoms with Crippen LogP contribution in [0.25, 0.3) is 11.0 Å². The summed E-state index contributed by atoms with van der Waals surface area (Å²) in [5, 5.41) is 0.860. The summed E-state index contributed by atoms with van der Waals surface area (Å²) < 4.78 is 5.26.